The lowest BCUT2D eigenvalue weighted by Crippen LogP contribution is -2.27. The van der Waals surface area contributed by atoms with Gasteiger partial charge in [0.05, 0.1) is 6.33 Å². The highest BCUT2D eigenvalue weighted by atomic mass is 35.5. The summed E-state index contributed by atoms with van der Waals surface area (Å²) in [4.78, 5) is 24.7. The quantitative estimate of drug-likeness (QED) is 0.659. The molecule has 0 radical (unpaired) electrons. The fourth-order valence-electron chi connectivity index (χ4n) is 2.43. The molecule has 1 N–H and O–H groups in total. The first-order valence-electron chi connectivity index (χ1n) is 7.12. The molecule has 3 rings (SSSR count). The average molecular weight is 389 g/mol. The van der Waals surface area contributed by atoms with Crippen molar-refractivity contribution >= 4 is 52.5 Å². The second kappa shape index (κ2) is 8.37. The molecule has 0 aliphatic heterocycles. The van der Waals surface area contributed by atoms with E-state index < -0.39 is 0 Å². The minimum absolute atomic E-state index is 0. The van der Waals surface area contributed by atoms with E-state index in [4.69, 9.17) is 23.2 Å². The summed E-state index contributed by atoms with van der Waals surface area (Å²) in [6.07, 6.45) is 2.97. The van der Waals surface area contributed by atoms with Crippen LogP contribution in [0.25, 0.3) is 16.9 Å². The third kappa shape index (κ3) is 3.66. The zero-order valence-corrected chi connectivity index (χ0v) is 15.0. The highest BCUT2D eigenvalue weighted by Crippen LogP contribution is 2.19. The normalized spacial score (nSPS) is 10.6. The molecule has 0 aliphatic carbocycles. The van der Waals surface area contributed by atoms with E-state index in [-0.39, 0.29) is 18.0 Å². The van der Waals surface area contributed by atoms with E-state index in [1.165, 1.54) is 6.33 Å². The Balaban J connectivity index is 0.00000208. The standard InChI is InChI=1S/C15H15Cl2N5O.ClH/c16-5-7-21(8-6-17)11-1-3-12(4-2-11)22-10-20-13-14(22)18-9-19-15(13)23;/h1-4,9-10H,5-8H2,(H,18,19,23);1H. The van der Waals surface area contributed by atoms with Gasteiger partial charge < -0.3 is 9.88 Å². The van der Waals surface area contributed by atoms with Crippen LogP contribution in [-0.4, -0.2) is 44.4 Å². The van der Waals surface area contributed by atoms with Crippen LogP contribution in [0.5, 0.6) is 0 Å². The lowest BCUT2D eigenvalue weighted by atomic mass is 10.2. The summed E-state index contributed by atoms with van der Waals surface area (Å²) in [5, 5.41) is 0. The third-order valence-electron chi connectivity index (χ3n) is 3.54. The van der Waals surface area contributed by atoms with Gasteiger partial charge in [-0.3, -0.25) is 9.36 Å². The molecule has 0 amide bonds. The van der Waals surface area contributed by atoms with Gasteiger partial charge in [0.2, 0.25) is 0 Å². The molecule has 128 valence electrons. The number of halogens is 3. The number of aromatic nitrogens is 4. The number of fused-ring (bicyclic) bond motifs is 1. The van der Waals surface area contributed by atoms with Crippen molar-refractivity contribution < 1.29 is 0 Å². The molecule has 6 nitrogen and oxygen atoms in total. The fraction of sp³-hybridized carbons (Fsp3) is 0.267. The van der Waals surface area contributed by atoms with E-state index >= 15 is 0 Å². The van der Waals surface area contributed by atoms with Gasteiger partial charge in [-0.1, -0.05) is 0 Å². The Morgan fingerprint density at radius 1 is 1.08 bits per heavy atom. The van der Waals surface area contributed by atoms with Crippen LogP contribution in [0.3, 0.4) is 0 Å². The number of hydrogen-bond acceptors (Lipinski definition) is 4. The Labute approximate surface area is 154 Å². The molecule has 0 saturated carbocycles. The molecule has 2 aromatic heterocycles. The van der Waals surface area contributed by atoms with Crippen molar-refractivity contribution in [1.82, 2.24) is 19.5 Å². The Kier molecular flexibility index (Phi) is 6.48. The largest absolute Gasteiger partial charge is 0.369 e. The van der Waals surface area contributed by atoms with Gasteiger partial charge in [-0.05, 0) is 24.3 Å². The highest BCUT2D eigenvalue weighted by molar-refractivity contribution is 6.18. The minimum Gasteiger partial charge on any atom is -0.369 e. The predicted molar refractivity (Wildman–Crippen MR) is 100 cm³/mol. The van der Waals surface area contributed by atoms with Crippen LogP contribution in [0.4, 0.5) is 5.69 Å². The fourth-order valence-corrected chi connectivity index (χ4v) is 2.84. The number of hydrogen-bond donors (Lipinski definition) is 1. The smallest absolute Gasteiger partial charge is 0.278 e. The first-order chi connectivity index (χ1) is 11.2. The van der Waals surface area contributed by atoms with E-state index in [1.54, 1.807) is 10.9 Å². The molecular formula is C15H16Cl3N5O. The number of H-pyrrole nitrogens is 1. The number of anilines is 1. The molecular weight excluding hydrogens is 373 g/mol. The molecule has 0 fully saturated rings. The first-order valence-corrected chi connectivity index (χ1v) is 8.19. The van der Waals surface area contributed by atoms with Crippen LogP contribution in [0, 0.1) is 0 Å². The van der Waals surface area contributed by atoms with Crippen molar-refractivity contribution in [3.8, 4) is 5.69 Å². The highest BCUT2D eigenvalue weighted by Gasteiger charge is 2.10. The summed E-state index contributed by atoms with van der Waals surface area (Å²) >= 11 is 11.7. The molecule has 0 spiro atoms. The van der Waals surface area contributed by atoms with Crippen molar-refractivity contribution in [2.45, 2.75) is 0 Å². The second-order valence-electron chi connectivity index (χ2n) is 4.90. The van der Waals surface area contributed by atoms with Crippen molar-refractivity contribution in [1.29, 1.82) is 0 Å². The van der Waals surface area contributed by atoms with Crippen molar-refractivity contribution in [3.05, 3.63) is 47.3 Å². The number of imidazole rings is 1. The number of aromatic amines is 1. The van der Waals surface area contributed by atoms with E-state index in [2.05, 4.69) is 19.9 Å². The van der Waals surface area contributed by atoms with Crippen LogP contribution in [0.1, 0.15) is 0 Å². The van der Waals surface area contributed by atoms with E-state index in [1.807, 2.05) is 24.3 Å². The summed E-state index contributed by atoms with van der Waals surface area (Å²) < 4.78 is 1.78. The van der Waals surface area contributed by atoms with E-state index in [9.17, 15) is 4.79 Å². The lowest BCUT2D eigenvalue weighted by Gasteiger charge is -2.23. The third-order valence-corrected chi connectivity index (χ3v) is 3.88. The number of nitrogens with zero attached hydrogens (tertiary/aromatic N) is 4. The molecule has 2 heterocycles. The Bertz CT molecular complexity index is 840. The van der Waals surface area contributed by atoms with Gasteiger partial charge in [0.25, 0.3) is 5.56 Å². The summed E-state index contributed by atoms with van der Waals surface area (Å²) in [6.45, 7) is 1.47. The molecule has 0 aliphatic rings. The lowest BCUT2D eigenvalue weighted by molar-refractivity contribution is 0.873. The predicted octanol–water partition coefficient (Wildman–Crippen LogP) is 2.81. The Morgan fingerprint density at radius 2 is 1.75 bits per heavy atom. The summed E-state index contributed by atoms with van der Waals surface area (Å²) in [7, 11) is 0. The number of rotatable bonds is 6. The maximum absolute atomic E-state index is 11.7. The van der Waals surface area contributed by atoms with Crippen LogP contribution >= 0.6 is 35.6 Å². The van der Waals surface area contributed by atoms with Crippen LogP contribution in [0.15, 0.2) is 41.7 Å². The van der Waals surface area contributed by atoms with Gasteiger partial charge in [0.1, 0.15) is 6.33 Å². The second-order valence-corrected chi connectivity index (χ2v) is 5.66. The summed E-state index contributed by atoms with van der Waals surface area (Å²) in [5.41, 5.74) is 2.53. The number of alkyl halides is 2. The van der Waals surface area contributed by atoms with Gasteiger partial charge in [-0.25, -0.2) is 9.97 Å². The van der Waals surface area contributed by atoms with Gasteiger partial charge in [0.15, 0.2) is 11.2 Å². The molecule has 3 aromatic rings. The van der Waals surface area contributed by atoms with Crippen molar-refractivity contribution in [2.24, 2.45) is 0 Å². The monoisotopic (exact) mass is 387 g/mol. The first kappa shape index (κ1) is 18.6. The number of benzene rings is 1. The van der Waals surface area contributed by atoms with Gasteiger partial charge in [-0.2, -0.15) is 0 Å². The maximum Gasteiger partial charge on any atom is 0.278 e. The molecule has 24 heavy (non-hydrogen) atoms. The van der Waals surface area contributed by atoms with Gasteiger partial charge in [0, 0.05) is 36.2 Å². The van der Waals surface area contributed by atoms with Gasteiger partial charge >= 0.3 is 0 Å². The Morgan fingerprint density at radius 3 is 2.38 bits per heavy atom. The van der Waals surface area contributed by atoms with Crippen molar-refractivity contribution in [2.75, 3.05) is 29.7 Å². The summed E-state index contributed by atoms with van der Waals surface area (Å²) in [6, 6.07) is 7.89. The average Bonchev–Trinajstić information content (AvgIpc) is 3.00. The SMILES string of the molecule is Cl.O=c1[nH]cnc2c1ncn2-c1ccc(N(CCCl)CCCl)cc1. The maximum atomic E-state index is 11.7. The molecule has 0 bridgehead atoms. The molecule has 0 unspecified atom stereocenters. The van der Waals surface area contributed by atoms with Crippen LogP contribution < -0.4 is 10.5 Å². The minimum atomic E-state index is -0.249. The molecule has 0 saturated heterocycles. The van der Waals surface area contributed by atoms with E-state index in [0.717, 1.165) is 24.5 Å². The molecule has 1 aromatic carbocycles. The number of nitrogens with one attached hydrogen (secondary N) is 1. The molecule has 9 heteroatoms. The van der Waals surface area contributed by atoms with E-state index in [0.29, 0.717) is 22.9 Å². The summed E-state index contributed by atoms with van der Waals surface area (Å²) in [5.74, 6) is 1.08. The van der Waals surface area contributed by atoms with Crippen LogP contribution in [0.2, 0.25) is 0 Å². The topological polar surface area (TPSA) is 66.8 Å². The zero-order chi connectivity index (χ0) is 16.2. The van der Waals surface area contributed by atoms with Gasteiger partial charge in [-0.15, -0.1) is 35.6 Å². The molecule has 0 atom stereocenters. The van der Waals surface area contributed by atoms with Crippen LogP contribution in [-0.2, 0) is 0 Å². The zero-order valence-electron chi connectivity index (χ0n) is 12.7. The Hall–Kier alpha value is -1.76. The van der Waals surface area contributed by atoms with Crippen molar-refractivity contribution in [3.63, 3.8) is 0 Å².